The van der Waals surface area contributed by atoms with Gasteiger partial charge in [0, 0.05) is 38.3 Å². The highest BCUT2D eigenvalue weighted by Gasteiger charge is 2.23. The molecule has 0 radical (unpaired) electrons. The van der Waals surface area contributed by atoms with Crippen molar-refractivity contribution >= 4 is 17.7 Å². The summed E-state index contributed by atoms with van der Waals surface area (Å²) >= 11 is 1.58. The maximum atomic E-state index is 13.7. The fraction of sp³-hybridized carbons (Fsp3) is 0.562. The quantitative estimate of drug-likeness (QED) is 0.854. The SMILES string of the molecule is CS[C@H](C)C(=O)N1CCCN(Cc2ccccc2F)CC1. The Morgan fingerprint density at radius 2 is 2.05 bits per heavy atom. The molecule has 0 unspecified atom stereocenters. The smallest absolute Gasteiger partial charge is 0.235 e. The molecule has 1 fully saturated rings. The number of benzene rings is 1. The Hall–Kier alpha value is -1.07. The Kier molecular flexibility index (Phi) is 6.06. The number of hydrogen-bond acceptors (Lipinski definition) is 3. The molecule has 1 aliphatic rings. The van der Waals surface area contributed by atoms with Crippen molar-refractivity contribution in [1.29, 1.82) is 0 Å². The highest BCUT2D eigenvalue weighted by molar-refractivity contribution is 7.99. The van der Waals surface area contributed by atoms with Gasteiger partial charge in [-0.1, -0.05) is 18.2 Å². The van der Waals surface area contributed by atoms with E-state index >= 15 is 0 Å². The van der Waals surface area contributed by atoms with Gasteiger partial charge in [0.2, 0.25) is 5.91 Å². The zero-order chi connectivity index (χ0) is 15.2. The molecule has 0 aromatic heterocycles. The highest BCUT2D eigenvalue weighted by Crippen LogP contribution is 2.15. The van der Waals surface area contributed by atoms with Crippen molar-refractivity contribution in [1.82, 2.24) is 9.80 Å². The van der Waals surface area contributed by atoms with Crippen LogP contribution < -0.4 is 0 Å². The number of carbonyl (C=O) groups is 1. The van der Waals surface area contributed by atoms with Crippen LogP contribution in [0.5, 0.6) is 0 Å². The van der Waals surface area contributed by atoms with Gasteiger partial charge in [0.25, 0.3) is 0 Å². The number of rotatable bonds is 4. The van der Waals surface area contributed by atoms with Crippen molar-refractivity contribution in [3.63, 3.8) is 0 Å². The van der Waals surface area contributed by atoms with Crippen LogP contribution in [0.4, 0.5) is 4.39 Å². The number of nitrogens with zero attached hydrogens (tertiary/aromatic N) is 2. The van der Waals surface area contributed by atoms with Crippen LogP contribution in [0.25, 0.3) is 0 Å². The van der Waals surface area contributed by atoms with Gasteiger partial charge in [-0.15, -0.1) is 0 Å². The first-order valence-electron chi connectivity index (χ1n) is 7.39. The first-order chi connectivity index (χ1) is 10.1. The van der Waals surface area contributed by atoms with Crippen LogP contribution in [0.3, 0.4) is 0 Å². The lowest BCUT2D eigenvalue weighted by molar-refractivity contribution is -0.130. The largest absolute Gasteiger partial charge is 0.340 e. The second kappa shape index (κ2) is 7.80. The minimum atomic E-state index is -0.148. The third-order valence-corrected chi connectivity index (χ3v) is 4.86. The van der Waals surface area contributed by atoms with Gasteiger partial charge in [-0.2, -0.15) is 11.8 Å². The summed E-state index contributed by atoms with van der Waals surface area (Å²) in [5.74, 6) is 0.0703. The van der Waals surface area contributed by atoms with E-state index in [0.717, 1.165) is 38.2 Å². The Labute approximate surface area is 130 Å². The van der Waals surface area contributed by atoms with Crippen molar-refractivity contribution in [2.75, 3.05) is 32.4 Å². The molecule has 1 aliphatic heterocycles. The van der Waals surface area contributed by atoms with Gasteiger partial charge in [-0.3, -0.25) is 9.69 Å². The molecule has 1 aromatic carbocycles. The summed E-state index contributed by atoms with van der Waals surface area (Å²) < 4.78 is 13.7. The lowest BCUT2D eigenvalue weighted by Crippen LogP contribution is -2.39. The van der Waals surface area contributed by atoms with E-state index in [2.05, 4.69) is 4.90 Å². The van der Waals surface area contributed by atoms with Crippen LogP contribution in [-0.2, 0) is 11.3 Å². The van der Waals surface area contributed by atoms with E-state index in [4.69, 9.17) is 0 Å². The van der Waals surface area contributed by atoms with Gasteiger partial charge in [0.1, 0.15) is 5.82 Å². The van der Waals surface area contributed by atoms with Crippen LogP contribution in [0, 0.1) is 5.82 Å². The number of halogens is 1. The summed E-state index contributed by atoms with van der Waals surface area (Å²) in [4.78, 5) is 16.4. The van der Waals surface area contributed by atoms with E-state index in [1.807, 2.05) is 30.2 Å². The summed E-state index contributed by atoms with van der Waals surface area (Å²) in [7, 11) is 0. The number of carbonyl (C=O) groups excluding carboxylic acids is 1. The molecule has 5 heteroatoms. The van der Waals surface area contributed by atoms with Crippen LogP contribution in [0.2, 0.25) is 0 Å². The van der Waals surface area contributed by atoms with Crippen molar-refractivity contribution in [2.45, 2.75) is 25.1 Å². The molecule has 2 rings (SSSR count). The van der Waals surface area contributed by atoms with Gasteiger partial charge >= 0.3 is 0 Å². The maximum Gasteiger partial charge on any atom is 0.235 e. The van der Waals surface area contributed by atoms with E-state index in [0.29, 0.717) is 6.54 Å². The van der Waals surface area contributed by atoms with Crippen LogP contribution in [0.1, 0.15) is 18.9 Å². The van der Waals surface area contributed by atoms with E-state index < -0.39 is 0 Å². The molecule has 0 aliphatic carbocycles. The molecule has 0 bridgehead atoms. The Morgan fingerprint density at radius 1 is 1.29 bits per heavy atom. The number of hydrogen-bond donors (Lipinski definition) is 0. The van der Waals surface area contributed by atoms with Gasteiger partial charge in [-0.05, 0) is 25.7 Å². The molecule has 3 nitrogen and oxygen atoms in total. The predicted octanol–water partition coefficient (Wildman–Crippen LogP) is 2.61. The fourth-order valence-electron chi connectivity index (χ4n) is 2.57. The monoisotopic (exact) mass is 310 g/mol. The predicted molar refractivity (Wildman–Crippen MR) is 85.9 cm³/mol. The van der Waals surface area contributed by atoms with Crippen molar-refractivity contribution in [3.05, 3.63) is 35.6 Å². The minimum absolute atomic E-state index is 0.0168. The van der Waals surface area contributed by atoms with Gasteiger partial charge in [0.05, 0.1) is 5.25 Å². The Balaban J connectivity index is 1.92. The molecule has 1 aromatic rings. The number of thioether (sulfide) groups is 1. The normalized spacial score (nSPS) is 18.3. The molecule has 1 atom stereocenters. The van der Waals surface area contributed by atoms with E-state index in [1.54, 1.807) is 17.8 Å². The van der Waals surface area contributed by atoms with Crippen LogP contribution in [-0.4, -0.2) is 53.4 Å². The topological polar surface area (TPSA) is 23.6 Å². The van der Waals surface area contributed by atoms with Gasteiger partial charge in [-0.25, -0.2) is 4.39 Å². The molecular formula is C16H23FN2OS. The average molecular weight is 310 g/mol. The second-order valence-electron chi connectivity index (χ2n) is 5.42. The zero-order valence-electron chi connectivity index (χ0n) is 12.7. The molecule has 1 amide bonds. The van der Waals surface area contributed by atoms with Crippen LogP contribution in [0.15, 0.2) is 24.3 Å². The van der Waals surface area contributed by atoms with Crippen LogP contribution >= 0.6 is 11.8 Å². The molecule has 116 valence electrons. The third-order valence-electron chi connectivity index (χ3n) is 3.95. The molecule has 21 heavy (non-hydrogen) atoms. The summed E-state index contributed by atoms with van der Waals surface area (Å²) in [5, 5.41) is 0.0168. The second-order valence-corrected chi connectivity index (χ2v) is 6.60. The van der Waals surface area contributed by atoms with Gasteiger partial charge < -0.3 is 4.90 Å². The van der Waals surface area contributed by atoms with E-state index in [9.17, 15) is 9.18 Å². The summed E-state index contributed by atoms with van der Waals surface area (Å²) in [6.45, 7) is 5.82. The zero-order valence-corrected chi connectivity index (χ0v) is 13.5. The summed E-state index contributed by atoms with van der Waals surface area (Å²) in [6, 6.07) is 6.92. The molecular weight excluding hydrogens is 287 g/mol. The molecule has 1 heterocycles. The third kappa shape index (κ3) is 4.45. The average Bonchev–Trinajstić information content (AvgIpc) is 2.73. The summed E-state index contributed by atoms with van der Waals surface area (Å²) in [6.07, 6.45) is 2.91. The minimum Gasteiger partial charge on any atom is -0.340 e. The Bertz CT molecular complexity index is 483. The molecule has 0 saturated carbocycles. The van der Waals surface area contributed by atoms with E-state index in [1.165, 1.54) is 6.07 Å². The molecule has 0 N–H and O–H groups in total. The highest BCUT2D eigenvalue weighted by atomic mass is 32.2. The van der Waals surface area contributed by atoms with Crippen molar-refractivity contribution in [2.24, 2.45) is 0 Å². The lowest BCUT2D eigenvalue weighted by atomic mass is 10.2. The Morgan fingerprint density at radius 3 is 2.76 bits per heavy atom. The lowest BCUT2D eigenvalue weighted by Gasteiger charge is -2.24. The van der Waals surface area contributed by atoms with Crippen molar-refractivity contribution in [3.8, 4) is 0 Å². The number of amides is 1. The first-order valence-corrected chi connectivity index (χ1v) is 8.68. The molecule has 1 saturated heterocycles. The summed E-state index contributed by atoms with van der Waals surface area (Å²) in [5.41, 5.74) is 0.731. The first kappa shape index (κ1) is 16.3. The van der Waals surface area contributed by atoms with Crippen molar-refractivity contribution < 1.29 is 9.18 Å². The maximum absolute atomic E-state index is 13.7. The molecule has 0 spiro atoms. The van der Waals surface area contributed by atoms with E-state index in [-0.39, 0.29) is 17.0 Å². The fourth-order valence-corrected chi connectivity index (χ4v) is 2.93. The standard InChI is InChI=1S/C16H23FN2OS/c1-13(21-2)16(20)19-9-5-8-18(10-11-19)12-14-6-3-4-7-15(14)17/h3-4,6-7,13H,5,8-12H2,1-2H3/t13-/m1/s1. The van der Waals surface area contributed by atoms with Gasteiger partial charge in [0.15, 0.2) is 0 Å².